The van der Waals surface area contributed by atoms with E-state index >= 15 is 0 Å². The molecule has 0 bridgehead atoms. The lowest BCUT2D eigenvalue weighted by atomic mass is 9.98. The minimum atomic E-state index is -3.21. The highest BCUT2D eigenvalue weighted by atomic mass is 32.2. The summed E-state index contributed by atoms with van der Waals surface area (Å²) in [6.07, 6.45) is 1.13. The van der Waals surface area contributed by atoms with Crippen LogP contribution >= 0.6 is 0 Å². The number of aliphatic hydroxyl groups is 1. The Morgan fingerprint density at radius 1 is 1.28 bits per heavy atom. The Morgan fingerprint density at radius 2 is 1.92 bits per heavy atom. The third kappa shape index (κ3) is 6.32. The Hall–Kier alpha value is -3.19. The highest BCUT2D eigenvalue weighted by Gasteiger charge is 2.45. The molecule has 1 aliphatic heterocycles. The number of carbonyl (C=O) groups is 1. The first-order chi connectivity index (χ1) is 16.5. The maximum absolute atomic E-state index is 14.5. The number of anilines is 1. The molecule has 1 fully saturated rings. The molecular formula is C23H27F3N4O5S. The standard InChI is InChI=1S/C23H27F3N4O5S/c1-12(22(2,3)32)29-17-7-13(20(31)30-23(4)10-36(33,34)11-23)9-28-19(17)18(27)15-8-14(35-21(25)26)5-6-16(15)24/h5-9,12,21,27,29,32H,10-11H2,1-4H3,(H,30,31)/t12-/m1/s1. The molecule has 0 radical (unpaired) electrons. The number of alkyl halides is 2. The smallest absolute Gasteiger partial charge is 0.387 e. The van der Waals surface area contributed by atoms with Gasteiger partial charge in [0, 0.05) is 11.8 Å². The number of hydrogen-bond acceptors (Lipinski definition) is 8. The molecule has 1 aromatic carbocycles. The zero-order valence-corrected chi connectivity index (χ0v) is 20.8. The van der Waals surface area contributed by atoms with E-state index in [9.17, 15) is 31.5 Å². The summed E-state index contributed by atoms with van der Waals surface area (Å²) in [5, 5.41) is 24.5. The normalized spacial score (nSPS) is 17.1. The molecule has 0 saturated carbocycles. The fourth-order valence-corrected chi connectivity index (χ4v) is 5.66. The number of sulfone groups is 1. The van der Waals surface area contributed by atoms with Crippen molar-refractivity contribution < 1.29 is 36.2 Å². The first-order valence-corrected chi connectivity index (χ1v) is 12.7. The zero-order chi connectivity index (χ0) is 27.1. The summed E-state index contributed by atoms with van der Waals surface area (Å²) in [6.45, 7) is 3.14. The van der Waals surface area contributed by atoms with E-state index in [0.29, 0.717) is 0 Å². The number of carbonyl (C=O) groups excluding carboxylic acids is 1. The van der Waals surface area contributed by atoms with E-state index in [1.165, 1.54) is 19.9 Å². The Balaban J connectivity index is 1.99. The molecule has 1 atom stereocenters. The number of nitrogens with one attached hydrogen (secondary N) is 3. The Labute approximate surface area is 206 Å². The molecule has 0 unspecified atom stereocenters. The van der Waals surface area contributed by atoms with Crippen LogP contribution < -0.4 is 15.4 Å². The number of pyridine rings is 1. The maximum Gasteiger partial charge on any atom is 0.387 e. The topological polar surface area (TPSA) is 141 Å². The predicted molar refractivity (Wildman–Crippen MR) is 127 cm³/mol. The van der Waals surface area contributed by atoms with E-state index in [1.807, 2.05) is 0 Å². The fraction of sp³-hybridized carbons (Fsp3) is 0.435. The summed E-state index contributed by atoms with van der Waals surface area (Å²) in [6, 6.07) is 3.52. The molecule has 0 aliphatic carbocycles. The van der Waals surface area contributed by atoms with Crippen LogP contribution in [0.3, 0.4) is 0 Å². The van der Waals surface area contributed by atoms with Crippen molar-refractivity contribution >= 4 is 27.1 Å². The second-order valence-corrected chi connectivity index (χ2v) is 11.6. The van der Waals surface area contributed by atoms with Crippen LogP contribution in [-0.4, -0.2) is 65.4 Å². The van der Waals surface area contributed by atoms with Crippen molar-refractivity contribution in [3.63, 3.8) is 0 Å². The van der Waals surface area contributed by atoms with Gasteiger partial charge in [-0.3, -0.25) is 15.2 Å². The number of ether oxygens (including phenoxy) is 1. The molecule has 13 heteroatoms. The second-order valence-electron chi connectivity index (χ2n) is 9.58. The van der Waals surface area contributed by atoms with Crippen LogP contribution in [0, 0.1) is 11.2 Å². The van der Waals surface area contributed by atoms with Gasteiger partial charge in [-0.15, -0.1) is 0 Å². The van der Waals surface area contributed by atoms with Gasteiger partial charge in [-0.1, -0.05) is 0 Å². The van der Waals surface area contributed by atoms with Crippen molar-refractivity contribution in [3.8, 4) is 5.75 Å². The summed E-state index contributed by atoms with van der Waals surface area (Å²) in [5.74, 6) is -2.27. The third-order valence-corrected chi connectivity index (χ3v) is 7.90. The van der Waals surface area contributed by atoms with Crippen molar-refractivity contribution in [3.05, 3.63) is 53.1 Å². The minimum Gasteiger partial charge on any atom is -0.435 e. The van der Waals surface area contributed by atoms with Gasteiger partial charge in [-0.2, -0.15) is 8.78 Å². The molecule has 3 rings (SSSR count). The first kappa shape index (κ1) is 27.4. The fourth-order valence-electron chi connectivity index (χ4n) is 3.65. The number of hydrogen-bond donors (Lipinski definition) is 4. The summed E-state index contributed by atoms with van der Waals surface area (Å²) < 4.78 is 67.2. The van der Waals surface area contributed by atoms with Crippen LogP contribution in [-0.2, 0) is 9.84 Å². The van der Waals surface area contributed by atoms with Crippen LogP contribution in [0.2, 0.25) is 0 Å². The quantitative estimate of drug-likeness (QED) is 0.367. The summed E-state index contributed by atoms with van der Waals surface area (Å²) in [7, 11) is -3.21. The van der Waals surface area contributed by atoms with Gasteiger partial charge >= 0.3 is 6.61 Å². The van der Waals surface area contributed by atoms with E-state index in [2.05, 4.69) is 20.4 Å². The lowest BCUT2D eigenvalue weighted by Gasteiger charge is -2.38. The molecular weight excluding hydrogens is 501 g/mol. The van der Waals surface area contributed by atoms with Gasteiger partial charge in [0.15, 0.2) is 9.84 Å². The number of aromatic nitrogens is 1. The van der Waals surface area contributed by atoms with Crippen LogP contribution in [0.5, 0.6) is 5.75 Å². The zero-order valence-electron chi connectivity index (χ0n) is 20.0. The highest BCUT2D eigenvalue weighted by Crippen LogP contribution is 2.27. The average molecular weight is 529 g/mol. The van der Waals surface area contributed by atoms with Crippen LogP contribution in [0.25, 0.3) is 0 Å². The molecule has 1 amide bonds. The van der Waals surface area contributed by atoms with Gasteiger partial charge < -0.3 is 20.5 Å². The van der Waals surface area contributed by atoms with Gasteiger partial charge in [-0.25, -0.2) is 12.8 Å². The lowest BCUT2D eigenvalue weighted by molar-refractivity contribution is -0.0499. The van der Waals surface area contributed by atoms with Crippen molar-refractivity contribution in [2.24, 2.45) is 0 Å². The van der Waals surface area contributed by atoms with E-state index in [1.54, 1.807) is 13.8 Å². The van der Waals surface area contributed by atoms with Crippen LogP contribution in [0.4, 0.5) is 18.9 Å². The summed E-state index contributed by atoms with van der Waals surface area (Å²) >= 11 is 0. The van der Waals surface area contributed by atoms with Crippen molar-refractivity contribution in [2.45, 2.75) is 51.5 Å². The molecule has 2 aromatic rings. The van der Waals surface area contributed by atoms with Gasteiger partial charge in [0.2, 0.25) is 0 Å². The largest absolute Gasteiger partial charge is 0.435 e. The molecule has 36 heavy (non-hydrogen) atoms. The summed E-state index contributed by atoms with van der Waals surface area (Å²) in [4.78, 5) is 17.0. The molecule has 9 nitrogen and oxygen atoms in total. The molecule has 1 aliphatic rings. The van der Waals surface area contributed by atoms with Crippen LogP contribution in [0.1, 0.15) is 49.3 Å². The monoisotopic (exact) mass is 528 g/mol. The highest BCUT2D eigenvalue weighted by molar-refractivity contribution is 7.93. The van der Waals surface area contributed by atoms with E-state index in [0.717, 1.165) is 24.4 Å². The number of nitrogens with zero attached hydrogens (tertiary/aromatic N) is 1. The molecule has 1 aromatic heterocycles. The predicted octanol–water partition coefficient (Wildman–Crippen LogP) is 2.73. The number of benzene rings is 1. The number of amides is 1. The first-order valence-electron chi connectivity index (χ1n) is 10.9. The third-order valence-electron chi connectivity index (χ3n) is 5.74. The molecule has 0 spiro atoms. The van der Waals surface area contributed by atoms with E-state index in [-0.39, 0.29) is 39.8 Å². The Morgan fingerprint density at radius 3 is 2.47 bits per heavy atom. The summed E-state index contributed by atoms with van der Waals surface area (Å²) in [5.41, 5.74) is -3.05. The van der Waals surface area contributed by atoms with Gasteiger partial charge in [0.25, 0.3) is 5.91 Å². The molecule has 2 heterocycles. The average Bonchev–Trinajstić information content (AvgIpc) is 2.71. The van der Waals surface area contributed by atoms with Gasteiger partial charge in [-0.05, 0) is 52.0 Å². The van der Waals surface area contributed by atoms with E-state index < -0.39 is 51.1 Å². The van der Waals surface area contributed by atoms with Gasteiger partial charge in [0.1, 0.15) is 17.3 Å². The van der Waals surface area contributed by atoms with Crippen molar-refractivity contribution in [1.82, 2.24) is 10.3 Å². The minimum absolute atomic E-state index is 0.0257. The van der Waals surface area contributed by atoms with Crippen LogP contribution in [0.15, 0.2) is 30.5 Å². The molecule has 1 saturated heterocycles. The number of halogens is 3. The SMILES string of the molecule is C[C@@H](Nc1cc(C(=O)NC2(C)CS(=O)(=O)C2)cnc1C(=N)c1cc(OC(F)F)ccc1F)C(C)(C)O. The Bertz CT molecular complexity index is 1280. The Kier molecular flexibility index (Phi) is 7.38. The van der Waals surface area contributed by atoms with Crippen molar-refractivity contribution in [1.29, 1.82) is 5.41 Å². The maximum atomic E-state index is 14.5. The number of rotatable bonds is 9. The van der Waals surface area contributed by atoms with Crippen molar-refractivity contribution in [2.75, 3.05) is 16.8 Å². The second kappa shape index (κ2) is 9.69. The van der Waals surface area contributed by atoms with Gasteiger partial charge in [0.05, 0.1) is 45.7 Å². The lowest BCUT2D eigenvalue weighted by Crippen LogP contribution is -2.63. The molecule has 196 valence electrons. The van der Waals surface area contributed by atoms with E-state index in [4.69, 9.17) is 5.41 Å². The molecule has 4 N–H and O–H groups in total.